The van der Waals surface area contributed by atoms with Crippen molar-refractivity contribution in [3.05, 3.63) is 45.2 Å². The lowest BCUT2D eigenvalue weighted by Gasteiger charge is -2.55. The van der Waals surface area contributed by atoms with E-state index in [2.05, 4.69) is 0 Å². The van der Waals surface area contributed by atoms with Crippen molar-refractivity contribution >= 4 is 17.9 Å². The highest BCUT2D eigenvalue weighted by Gasteiger charge is 2.66. The molecule has 0 unspecified atom stereocenters. The van der Waals surface area contributed by atoms with Gasteiger partial charge in [0.25, 0.3) is 5.79 Å². The number of rotatable bonds is 4. The third-order valence-corrected chi connectivity index (χ3v) is 8.25. The summed E-state index contributed by atoms with van der Waals surface area (Å²) >= 11 is 0. The van der Waals surface area contributed by atoms with Crippen LogP contribution >= 0.6 is 0 Å². The zero-order valence-corrected chi connectivity index (χ0v) is 21.0. The van der Waals surface area contributed by atoms with E-state index in [0.717, 1.165) is 5.57 Å². The van der Waals surface area contributed by atoms with Gasteiger partial charge in [0.05, 0.1) is 17.4 Å². The van der Waals surface area contributed by atoms with Gasteiger partial charge in [-0.25, -0.2) is 0 Å². The van der Waals surface area contributed by atoms with Crippen LogP contribution in [-0.4, -0.2) is 42.0 Å². The van der Waals surface area contributed by atoms with E-state index in [1.54, 1.807) is 34.0 Å². The zero-order valence-electron chi connectivity index (χ0n) is 21.0. The van der Waals surface area contributed by atoms with Crippen molar-refractivity contribution in [2.24, 2.45) is 11.3 Å². The van der Waals surface area contributed by atoms with Gasteiger partial charge in [0.15, 0.2) is 12.1 Å². The molecule has 0 saturated heterocycles. The molecule has 34 heavy (non-hydrogen) atoms. The Balaban J connectivity index is 2.06. The summed E-state index contributed by atoms with van der Waals surface area (Å²) in [5.41, 5.74) is 2.27. The van der Waals surface area contributed by atoms with E-state index >= 15 is 0 Å². The summed E-state index contributed by atoms with van der Waals surface area (Å²) in [6.07, 6.45) is 2.14. The summed E-state index contributed by atoms with van der Waals surface area (Å²) in [4.78, 5) is 38.2. The number of ether oxygens (including phenoxy) is 3. The number of carbonyl (C=O) groups is 3. The Morgan fingerprint density at radius 3 is 2.53 bits per heavy atom. The molecule has 4 rings (SSSR count). The number of ketones is 2. The average Bonchev–Trinajstić information content (AvgIpc) is 2.80. The first-order valence-electron chi connectivity index (χ1n) is 11.6. The summed E-state index contributed by atoms with van der Waals surface area (Å²) < 4.78 is 18.6. The minimum atomic E-state index is -1.50. The lowest BCUT2D eigenvalue weighted by Crippen LogP contribution is -2.64. The van der Waals surface area contributed by atoms with Crippen LogP contribution in [0.5, 0.6) is 11.5 Å². The third-order valence-electron chi connectivity index (χ3n) is 8.25. The fourth-order valence-electron chi connectivity index (χ4n) is 5.99. The molecule has 0 saturated carbocycles. The third kappa shape index (κ3) is 2.82. The number of hydrogen-bond acceptors (Lipinski definition) is 7. The SMILES string of the molecule is CO[C@]12Oc3c(C)c([C@H](C)C(C)=O)c(C=O)c(O)c3C[C@]1(C)C(=O)C(C)=C1C2=CO[C@H](C)[C@H]1C. The Morgan fingerprint density at radius 1 is 1.32 bits per heavy atom. The molecule has 2 heterocycles. The van der Waals surface area contributed by atoms with Crippen LogP contribution < -0.4 is 4.74 Å². The molecule has 1 N–H and O–H groups in total. The van der Waals surface area contributed by atoms with Crippen molar-refractivity contribution in [2.75, 3.05) is 7.11 Å². The maximum atomic E-state index is 13.9. The van der Waals surface area contributed by atoms with Crippen molar-refractivity contribution in [3.8, 4) is 11.5 Å². The maximum absolute atomic E-state index is 13.9. The molecule has 0 amide bonds. The summed E-state index contributed by atoms with van der Waals surface area (Å²) in [6, 6.07) is 0. The van der Waals surface area contributed by atoms with Crippen LogP contribution in [-0.2, 0) is 25.5 Å². The molecule has 7 nitrogen and oxygen atoms in total. The molecule has 1 aliphatic carbocycles. The second-order valence-corrected chi connectivity index (χ2v) is 10.0. The van der Waals surface area contributed by atoms with Gasteiger partial charge in [-0.05, 0) is 63.3 Å². The Labute approximate surface area is 199 Å². The number of hydrogen-bond donors (Lipinski definition) is 1. The van der Waals surface area contributed by atoms with Crippen molar-refractivity contribution in [1.82, 2.24) is 0 Å². The van der Waals surface area contributed by atoms with E-state index in [4.69, 9.17) is 14.2 Å². The predicted molar refractivity (Wildman–Crippen MR) is 125 cm³/mol. The number of aromatic hydroxyl groups is 1. The maximum Gasteiger partial charge on any atom is 0.253 e. The summed E-state index contributed by atoms with van der Waals surface area (Å²) in [6.45, 7) is 12.4. The van der Waals surface area contributed by atoms with Gasteiger partial charge in [-0.15, -0.1) is 0 Å². The quantitative estimate of drug-likeness (QED) is 0.657. The molecule has 1 aromatic rings. The molecule has 0 spiro atoms. The van der Waals surface area contributed by atoms with Crippen molar-refractivity contribution in [3.63, 3.8) is 0 Å². The first-order chi connectivity index (χ1) is 15.9. The molecule has 0 fully saturated rings. The number of phenols is 1. The molecule has 1 aromatic carbocycles. The lowest BCUT2D eigenvalue weighted by molar-refractivity contribution is -0.219. The number of aldehydes is 1. The van der Waals surface area contributed by atoms with Crippen LogP contribution in [0.3, 0.4) is 0 Å². The molecule has 0 bridgehead atoms. The van der Waals surface area contributed by atoms with Gasteiger partial charge in [0.1, 0.15) is 28.8 Å². The molecule has 5 atom stereocenters. The monoisotopic (exact) mass is 468 g/mol. The van der Waals surface area contributed by atoms with Crippen LogP contribution in [0.4, 0.5) is 0 Å². The van der Waals surface area contributed by atoms with Crippen molar-refractivity contribution < 1.29 is 33.7 Å². The molecule has 7 heteroatoms. The minimum Gasteiger partial charge on any atom is -0.507 e. The number of carbonyl (C=O) groups excluding carboxylic acids is 3. The highest BCUT2D eigenvalue weighted by molar-refractivity contribution is 6.04. The van der Waals surface area contributed by atoms with Gasteiger partial charge in [0, 0.05) is 24.5 Å². The summed E-state index contributed by atoms with van der Waals surface area (Å²) in [5, 5.41) is 11.2. The Hall–Kier alpha value is -2.93. The molecule has 0 aromatic heterocycles. The van der Waals surface area contributed by atoms with E-state index in [0.29, 0.717) is 39.9 Å². The van der Waals surface area contributed by atoms with E-state index in [9.17, 15) is 19.5 Å². The first kappa shape index (κ1) is 24.2. The van der Waals surface area contributed by atoms with Gasteiger partial charge in [0.2, 0.25) is 0 Å². The Kier molecular flexibility index (Phi) is 5.55. The highest BCUT2D eigenvalue weighted by Crippen LogP contribution is 2.60. The van der Waals surface area contributed by atoms with E-state index in [-0.39, 0.29) is 41.3 Å². The minimum absolute atomic E-state index is 0.0509. The van der Waals surface area contributed by atoms with Crippen LogP contribution in [0.2, 0.25) is 0 Å². The Bertz CT molecular complexity index is 1190. The number of allylic oxidation sites excluding steroid dienone is 1. The second kappa shape index (κ2) is 7.80. The number of methoxy groups -OCH3 is 1. The summed E-state index contributed by atoms with van der Waals surface area (Å²) in [7, 11) is 1.49. The molecule has 3 aliphatic rings. The lowest BCUT2D eigenvalue weighted by atomic mass is 9.59. The van der Waals surface area contributed by atoms with Gasteiger partial charge < -0.3 is 19.3 Å². The second-order valence-electron chi connectivity index (χ2n) is 10.0. The number of phenolic OH excluding ortho intramolecular Hbond substituents is 1. The largest absolute Gasteiger partial charge is 0.507 e. The van der Waals surface area contributed by atoms with Crippen molar-refractivity contribution in [2.45, 2.75) is 72.7 Å². The zero-order chi connectivity index (χ0) is 25.3. The number of Topliss-reactive ketones (excluding diaryl/α,β-unsaturated/α-hetero) is 2. The molecule has 2 aliphatic heterocycles. The smallest absolute Gasteiger partial charge is 0.253 e. The first-order valence-corrected chi connectivity index (χ1v) is 11.6. The predicted octanol–water partition coefficient (Wildman–Crippen LogP) is 4.33. The van der Waals surface area contributed by atoms with Crippen LogP contribution in [0, 0.1) is 18.3 Å². The molecular weight excluding hydrogens is 436 g/mol. The van der Waals surface area contributed by atoms with Crippen LogP contribution in [0.25, 0.3) is 0 Å². The van der Waals surface area contributed by atoms with E-state index in [1.165, 1.54) is 14.0 Å². The van der Waals surface area contributed by atoms with Crippen LogP contribution in [0.15, 0.2) is 23.0 Å². The van der Waals surface area contributed by atoms with Crippen molar-refractivity contribution in [1.29, 1.82) is 0 Å². The van der Waals surface area contributed by atoms with Gasteiger partial charge in [-0.2, -0.15) is 0 Å². The number of benzene rings is 1. The fourth-order valence-corrected chi connectivity index (χ4v) is 5.99. The average molecular weight is 469 g/mol. The normalized spacial score (nSPS) is 30.8. The highest BCUT2D eigenvalue weighted by atomic mass is 16.7. The van der Waals surface area contributed by atoms with E-state index in [1.807, 2.05) is 13.8 Å². The fraction of sp³-hybridized carbons (Fsp3) is 0.519. The van der Waals surface area contributed by atoms with E-state index < -0.39 is 17.1 Å². The standard InChI is InChI=1S/C27H32O7/c1-12(16(5)29)21-14(3)24-18(23(30)19(21)10-28)9-26(7)25(31)15(4)22-13(2)17(6)33-11-20(22)27(26,32-8)34-24/h10-13,17,30H,9H2,1-8H3/t12-,13-,17-,26-,27-/m1/s1. The topological polar surface area (TPSA) is 99.1 Å². The van der Waals surface area contributed by atoms with Gasteiger partial charge in [-0.1, -0.05) is 13.8 Å². The number of fused-ring (bicyclic) bond motifs is 4. The van der Waals surface area contributed by atoms with Gasteiger partial charge in [-0.3, -0.25) is 14.4 Å². The molecule has 0 radical (unpaired) electrons. The van der Waals surface area contributed by atoms with Gasteiger partial charge >= 0.3 is 0 Å². The molecule has 182 valence electrons. The summed E-state index contributed by atoms with van der Waals surface area (Å²) in [5.74, 6) is -2.42. The van der Waals surface area contributed by atoms with Crippen LogP contribution in [0.1, 0.15) is 74.5 Å². The molecular formula is C27H32O7. The Morgan fingerprint density at radius 2 is 1.97 bits per heavy atom.